The van der Waals surface area contributed by atoms with E-state index in [0.717, 1.165) is 11.8 Å². The Labute approximate surface area is 133 Å². The van der Waals surface area contributed by atoms with Gasteiger partial charge in [0, 0.05) is 11.0 Å². The van der Waals surface area contributed by atoms with Crippen LogP contribution >= 0.6 is 15.9 Å². The number of hydrogen-bond donors (Lipinski definition) is 2. The summed E-state index contributed by atoms with van der Waals surface area (Å²) in [7, 11) is -3.33. The van der Waals surface area contributed by atoms with Gasteiger partial charge < -0.3 is 10.1 Å². The fraction of sp³-hybridized carbons (Fsp3) is 0.462. The molecule has 0 aliphatic rings. The molecule has 0 atom stereocenters. The molecule has 8 heteroatoms. The number of hydrogen-bond acceptors (Lipinski definition) is 4. The predicted octanol–water partition coefficient (Wildman–Crippen LogP) is 2.85. The normalized spacial score (nSPS) is 11.9. The highest BCUT2D eigenvalue weighted by Gasteiger charge is 2.15. The molecule has 2 N–H and O–H groups in total. The average molecular weight is 379 g/mol. The Balaban J connectivity index is 2.66. The Morgan fingerprint density at radius 3 is 2.43 bits per heavy atom. The third-order valence-electron chi connectivity index (χ3n) is 2.16. The topological polar surface area (TPSA) is 84.5 Å². The lowest BCUT2D eigenvalue weighted by atomic mass is 10.2. The van der Waals surface area contributed by atoms with Crippen LogP contribution in [0.4, 0.5) is 10.5 Å². The Morgan fingerprint density at radius 2 is 1.95 bits per heavy atom. The van der Waals surface area contributed by atoms with Crippen molar-refractivity contribution in [1.29, 1.82) is 0 Å². The van der Waals surface area contributed by atoms with Crippen molar-refractivity contribution in [2.75, 3.05) is 11.0 Å². The molecular weight excluding hydrogens is 360 g/mol. The molecule has 0 radical (unpaired) electrons. The zero-order chi connectivity index (χ0) is 16.3. The van der Waals surface area contributed by atoms with E-state index in [4.69, 9.17) is 4.74 Å². The quantitative estimate of drug-likeness (QED) is 0.843. The molecule has 0 aliphatic heterocycles. The second-order valence-electron chi connectivity index (χ2n) is 5.54. The molecule has 1 amide bonds. The van der Waals surface area contributed by atoms with Gasteiger partial charge in [-0.25, -0.2) is 13.2 Å². The first-order valence-corrected chi connectivity index (χ1v) is 8.88. The molecule has 0 bridgehead atoms. The monoisotopic (exact) mass is 378 g/mol. The van der Waals surface area contributed by atoms with Crippen molar-refractivity contribution in [2.45, 2.75) is 32.9 Å². The molecule has 0 saturated heterocycles. The summed E-state index contributed by atoms with van der Waals surface area (Å²) in [6.07, 6.45) is 0.578. The zero-order valence-electron chi connectivity index (χ0n) is 12.4. The smallest absolute Gasteiger partial charge is 0.407 e. The molecule has 0 unspecified atom stereocenters. The van der Waals surface area contributed by atoms with Gasteiger partial charge in [-0.15, -0.1) is 0 Å². The number of anilines is 1. The number of halogens is 1. The van der Waals surface area contributed by atoms with Crippen LogP contribution in [-0.4, -0.2) is 26.4 Å². The fourth-order valence-corrected chi connectivity index (χ4v) is 2.67. The summed E-state index contributed by atoms with van der Waals surface area (Å²) in [6, 6.07) is 5.07. The average Bonchev–Trinajstić information content (AvgIpc) is 2.26. The number of alkyl carbamates (subject to hydrolysis) is 1. The summed E-state index contributed by atoms with van der Waals surface area (Å²) in [5, 5.41) is 2.63. The summed E-state index contributed by atoms with van der Waals surface area (Å²) in [6.45, 7) is 5.64. The van der Waals surface area contributed by atoms with Crippen molar-refractivity contribution in [3.05, 3.63) is 28.2 Å². The van der Waals surface area contributed by atoms with Gasteiger partial charge in [0.25, 0.3) is 0 Å². The molecule has 118 valence electrons. The largest absolute Gasteiger partial charge is 0.444 e. The number of carbonyl (C=O) groups excluding carboxylic acids is 1. The van der Waals surface area contributed by atoms with E-state index in [2.05, 4.69) is 26.0 Å². The number of nitrogens with one attached hydrogen (secondary N) is 2. The summed E-state index contributed by atoms with van der Waals surface area (Å²) in [5.41, 5.74) is 0.707. The molecule has 0 aromatic heterocycles. The Bertz CT molecular complexity index is 624. The summed E-state index contributed by atoms with van der Waals surface area (Å²) < 4.78 is 30.5. The molecule has 0 saturated carbocycles. The molecule has 0 spiro atoms. The molecule has 6 nitrogen and oxygen atoms in total. The van der Waals surface area contributed by atoms with Crippen molar-refractivity contribution in [1.82, 2.24) is 5.32 Å². The molecule has 21 heavy (non-hydrogen) atoms. The van der Waals surface area contributed by atoms with Crippen LogP contribution in [0.5, 0.6) is 0 Å². The van der Waals surface area contributed by atoms with Crippen molar-refractivity contribution < 1.29 is 17.9 Å². The lowest BCUT2D eigenvalue weighted by Crippen LogP contribution is -2.32. The SMILES string of the molecule is CC(C)(C)OC(=O)NCc1ccc(NS(C)(=O)=O)c(Br)c1. The molecule has 1 aromatic carbocycles. The van der Waals surface area contributed by atoms with Gasteiger partial charge in [-0.05, 0) is 54.4 Å². The van der Waals surface area contributed by atoms with E-state index in [1.54, 1.807) is 39.0 Å². The van der Waals surface area contributed by atoms with Crippen LogP contribution in [0.2, 0.25) is 0 Å². The number of sulfonamides is 1. The van der Waals surface area contributed by atoms with Crippen molar-refractivity contribution in [3.8, 4) is 0 Å². The fourth-order valence-electron chi connectivity index (χ4n) is 1.44. The van der Waals surface area contributed by atoms with Crippen LogP contribution in [0.25, 0.3) is 0 Å². The predicted molar refractivity (Wildman–Crippen MR) is 85.7 cm³/mol. The van der Waals surface area contributed by atoms with E-state index in [-0.39, 0.29) is 6.54 Å². The minimum Gasteiger partial charge on any atom is -0.444 e. The van der Waals surface area contributed by atoms with E-state index >= 15 is 0 Å². The maximum absolute atomic E-state index is 11.5. The zero-order valence-corrected chi connectivity index (χ0v) is 14.8. The highest BCUT2D eigenvalue weighted by Crippen LogP contribution is 2.24. The van der Waals surface area contributed by atoms with Gasteiger partial charge in [-0.1, -0.05) is 6.07 Å². The van der Waals surface area contributed by atoms with Gasteiger partial charge in [-0.3, -0.25) is 4.72 Å². The number of amides is 1. The van der Waals surface area contributed by atoms with Crippen molar-refractivity contribution >= 4 is 37.7 Å². The summed E-state index contributed by atoms with van der Waals surface area (Å²) in [5.74, 6) is 0. The number of carbonyl (C=O) groups is 1. The second-order valence-corrected chi connectivity index (χ2v) is 8.15. The van der Waals surface area contributed by atoms with Crippen LogP contribution in [-0.2, 0) is 21.3 Å². The number of ether oxygens (including phenoxy) is 1. The van der Waals surface area contributed by atoms with E-state index in [1.165, 1.54) is 0 Å². The van der Waals surface area contributed by atoms with Crippen molar-refractivity contribution in [3.63, 3.8) is 0 Å². The second kappa shape index (κ2) is 6.65. The van der Waals surface area contributed by atoms with Crippen molar-refractivity contribution in [2.24, 2.45) is 0 Å². The first-order valence-electron chi connectivity index (χ1n) is 6.19. The van der Waals surface area contributed by atoms with Crippen LogP contribution in [0, 0.1) is 0 Å². The maximum atomic E-state index is 11.5. The summed E-state index contributed by atoms with van der Waals surface area (Å²) in [4.78, 5) is 11.5. The summed E-state index contributed by atoms with van der Waals surface area (Å²) >= 11 is 3.28. The van der Waals surface area contributed by atoms with Gasteiger partial charge in [0.15, 0.2) is 0 Å². The van der Waals surface area contributed by atoms with Crippen LogP contribution < -0.4 is 10.0 Å². The van der Waals surface area contributed by atoms with Gasteiger partial charge in [0.05, 0.1) is 11.9 Å². The minimum absolute atomic E-state index is 0.284. The van der Waals surface area contributed by atoms with Gasteiger partial charge >= 0.3 is 6.09 Å². The maximum Gasteiger partial charge on any atom is 0.407 e. The highest BCUT2D eigenvalue weighted by atomic mass is 79.9. The van der Waals surface area contributed by atoms with E-state index in [1.807, 2.05) is 0 Å². The van der Waals surface area contributed by atoms with Crippen LogP contribution in [0.3, 0.4) is 0 Å². The standard InChI is InChI=1S/C13H19BrN2O4S/c1-13(2,3)20-12(17)15-8-9-5-6-11(10(14)7-9)16-21(4,18)19/h5-7,16H,8H2,1-4H3,(H,15,17). The van der Waals surface area contributed by atoms with E-state index in [0.29, 0.717) is 10.2 Å². The molecule has 1 rings (SSSR count). The van der Waals surface area contributed by atoms with Gasteiger partial charge in [-0.2, -0.15) is 0 Å². The molecule has 0 fully saturated rings. The third-order valence-corrected chi connectivity index (χ3v) is 3.41. The molecular formula is C13H19BrN2O4S. The first-order chi connectivity index (χ1) is 9.46. The molecule has 0 heterocycles. The van der Waals surface area contributed by atoms with Crippen LogP contribution in [0.1, 0.15) is 26.3 Å². The lowest BCUT2D eigenvalue weighted by Gasteiger charge is -2.19. The number of benzene rings is 1. The van der Waals surface area contributed by atoms with Gasteiger partial charge in [0.2, 0.25) is 10.0 Å². The minimum atomic E-state index is -3.33. The van der Waals surface area contributed by atoms with Gasteiger partial charge in [0.1, 0.15) is 5.60 Å². The Kier molecular flexibility index (Phi) is 5.63. The molecule has 1 aromatic rings. The van der Waals surface area contributed by atoms with E-state index < -0.39 is 21.7 Å². The third kappa shape index (κ3) is 7.33. The lowest BCUT2D eigenvalue weighted by molar-refractivity contribution is 0.0523. The first kappa shape index (κ1) is 17.8. The van der Waals surface area contributed by atoms with E-state index in [9.17, 15) is 13.2 Å². The van der Waals surface area contributed by atoms with Crippen LogP contribution in [0.15, 0.2) is 22.7 Å². The Morgan fingerprint density at radius 1 is 1.33 bits per heavy atom. The number of rotatable bonds is 4. The Hall–Kier alpha value is -1.28. The molecule has 0 aliphatic carbocycles. The highest BCUT2D eigenvalue weighted by molar-refractivity contribution is 9.10.